The summed E-state index contributed by atoms with van der Waals surface area (Å²) in [5.74, 6) is 0.602. The Morgan fingerprint density at radius 3 is 3.10 bits per heavy atom. The predicted molar refractivity (Wildman–Crippen MR) is 36.6 cm³/mol. The van der Waals surface area contributed by atoms with Gasteiger partial charge in [0.15, 0.2) is 6.29 Å². The zero-order valence-electron chi connectivity index (χ0n) is 6.17. The smallest absolute Gasteiger partial charge is 0.162 e. The van der Waals surface area contributed by atoms with Crippen molar-refractivity contribution in [2.75, 3.05) is 20.3 Å². The maximum Gasteiger partial charge on any atom is 0.162 e. The molecule has 3 unspecified atom stereocenters. The highest BCUT2D eigenvalue weighted by atomic mass is 16.7. The van der Waals surface area contributed by atoms with Crippen molar-refractivity contribution in [1.29, 1.82) is 0 Å². The van der Waals surface area contributed by atoms with Crippen LogP contribution in [0.15, 0.2) is 0 Å². The minimum atomic E-state index is 0.0949. The molecule has 0 spiro atoms. The SMILES string of the molecule is CNC1COC2OCCC12. The van der Waals surface area contributed by atoms with Crippen molar-refractivity contribution in [3.05, 3.63) is 0 Å². The first-order valence-electron chi connectivity index (χ1n) is 3.82. The molecule has 2 fully saturated rings. The second kappa shape index (κ2) is 2.49. The van der Waals surface area contributed by atoms with Crippen LogP contribution in [0.5, 0.6) is 0 Å². The molecule has 2 saturated heterocycles. The Balaban J connectivity index is 2.01. The van der Waals surface area contributed by atoms with E-state index in [4.69, 9.17) is 9.47 Å². The first-order valence-corrected chi connectivity index (χ1v) is 3.82. The molecule has 0 amide bonds. The first kappa shape index (κ1) is 6.58. The van der Waals surface area contributed by atoms with Gasteiger partial charge in [-0.25, -0.2) is 0 Å². The van der Waals surface area contributed by atoms with Crippen molar-refractivity contribution in [3.63, 3.8) is 0 Å². The van der Waals surface area contributed by atoms with Crippen molar-refractivity contribution >= 4 is 0 Å². The fraction of sp³-hybridized carbons (Fsp3) is 1.00. The Morgan fingerprint density at radius 2 is 2.30 bits per heavy atom. The highest BCUT2D eigenvalue weighted by molar-refractivity contribution is 4.86. The quantitative estimate of drug-likeness (QED) is 0.559. The van der Waals surface area contributed by atoms with Crippen LogP contribution in [0.3, 0.4) is 0 Å². The summed E-state index contributed by atoms with van der Waals surface area (Å²) in [5, 5.41) is 3.23. The third-order valence-corrected chi connectivity index (χ3v) is 2.41. The molecule has 10 heavy (non-hydrogen) atoms. The molecule has 0 aromatic carbocycles. The topological polar surface area (TPSA) is 30.5 Å². The molecule has 0 saturated carbocycles. The number of fused-ring (bicyclic) bond motifs is 1. The number of ether oxygens (including phenoxy) is 2. The van der Waals surface area contributed by atoms with Gasteiger partial charge in [0.25, 0.3) is 0 Å². The third kappa shape index (κ3) is 0.856. The van der Waals surface area contributed by atoms with Crippen molar-refractivity contribution in [3.8, 4) is 0 Å². The lowest BCUT2D eigenvalue weighted by atomic mass is 10.0. The fourth-order valence-electron chi connectivity index (χ4n) is 1.76. The molecular formula is C7H13NO2. The van der Waals surface area contributed by atoms with Gasteiger partial charge >= 0.3 is 0 Å². The minimum absolute atomic E-state index is 0.0949. The van der Waals surface area contributed by atoms with Crippen LogP contribution in [-0.4, -0.2) is 32.6 Å². The van der Waals surface area contributed by atoms with Gasteiger partial charge in [0.1, 0.15) is 0 Å². The summed E-state index contributed by atoms with van der Waals surface area (Å²) in [7, 11) is 1.98. The van der Waals surface area contributed by atoms with Gasteiger partial charge in [-0.3, -0.25) is 0 Å². The molecule has 3 heteroatoms. The molecule has 3 nitrogen and oxygen atoms in total. The van der Waals surface area contributed by atoms with Gasteiger partial charge in [-0.05, 0) is 13.5 Å². The van der Waals surface area contributed by atoms with Crippen LogP contribution in [0.2, 0.25) is 0 Å². The van der Waals surface area contributed by atoms with E-state index in [9.17, 15) is 0 Å². The molecule has 58 valence electrons. The van der Waals surface area contributed by atoms with E-state index in [2.05, 4.69) is 5.32 Å². The van der Waals surface area contributed by atoms with Crippen molar-refractivity contribution in [2.24, 2.45) is 5.92 Å². The molecule has 0 bridgehead atoms. The monoisotopic (exact) mass is 143 g/mol. The summed E-state index contributed by atoms with van der Waals surface area (Å²) in [6, 6.07) is 0.521. The molecule has 3 atom stereocenters. The number of hydrogen-bond donors (Lipinski definition) is 1. The van der Waals surface area contributed by atoms with Gasteiger partial charge in [0.05, 0.1) is 13.2 Å². The summed E-state index contributed by atoms with van der Waals surface area (Å²) in [5.41, 5.74) is 0. The van der Waals surface area contributed by atoms with E-state index in [1.807, 2.05) is 7.05 Å². The third-order valence-electron chi connectivity index (χ3n) is 2.41. The standard InChI is InChI=1S/C7H13NO2/c1-8-6-4-10-7-5(6)2-3-9-7/h5-8H,2-4H2,1H3. The number of nitrogens with one attached hydrogen (secondary N) is 1. The van der Waals surface area contributed by atoms with Crippen molar-refractivity contribution in [1.82, 2.24) is 5.32 Å². The van der Waals surface area contributed by atoms with Gasteiger partial charge < -0.3 is 14.8 Å². The molecule has 0 radical (unpaired) electrons. The highest BCUT2D eigenvalue weighted by Crippen LogP contribution is 2.30. The molecule has 0 aliphatic carbocycles. The molecule has 2 aliphatic heterocycles. The number of rotatable bonds is 1. The summed E-state index contributed by atoms with van der Waals surface area (Å²) in [4.78, 5) is 0. The zero-order chi connectivity index (χ0) is 6.97. The van der Waals surface area contributed by atoms with E-state index in [0.29, 0.717) is 12.0 Å². The zero-order valence-corrected chi connectivity index (χ0v) is 6.17. The number of hydrogen-bond acceptors (Lipinski definition) is 3. The van der Waals surface area contributed by atoms with Gasteiger partial charge in [-0.15, -0.1) is 0 Å². The Kier molecular flexibility index (Phi) is 1.64. The van der Waals surface area contributed by atoms with Crippen molar-refractivity contribution in [2.45, 2.75) is 18.8 Å². The van der Waals surface area contributed by atoms with Gasteiger partial charge in [-0.1, -0.05) is 0 Å². The molecule has 0 aromatic rings. The average Bonchev–Trinajstić information content (AvgIpc) is 2.44. The average molecular weight is 143 g/mol. The van der Waals surface area contributed by atoms with E-state index in [1.165, 1.54) is 0 Å². The Bertz CT molecular complexity index is 129. The van der Waals surface area contributed by atoms with Crippen LogP contribution in [0.4, 0.5) is 0 Å². The van der Waals surface area contributed by atoms with E-state index >= 15 is 0 Å². The minimum Gasteiger partial charge on any atom is -0.352 e. The molecule has 2 rings (SSSR count). The maximum atomic E-state index is 5.40. The van der Waals surface area contributed by atoms with Gasteiger partial charge in [0, 0.05) is 12.0 Å². The normalized spacial score (nSPS) is 45.9. The van der Waals surface area contributed by atoms with Crippen LogP contribution in [0.25, 0.3) is 0 Å². The van der Waals surface area contributed by atoms with Crippen LogP contribution in [0.1, 0.15) is 6.42 Å². The lowest BCUT2D eigenvalue weighted by Gasteiger charge is -2.12. The molecule has 2 aliphatic rings. The summed E-state index contributed by atoms with van der Waals surface area (Å²) >= 11 is 0. The van der Waals surface area contributed by atoms with E-state index < -0.39 is 0 Å². The second-order valence-electron chi connectivity index (χ2n) is 2.92. The van der Waals surface area contributed by atoms with Gasteiger partial charge in [-0.2, -0.15) is 0 Å². The Hall–Kier alpha value is -0.120. The maximum absolute atomic E-state index is 5.40. The van der Waals surface area contributed by atoms with Gasteiger partial charge in [0.2, 0.25) is 0 Å². The lowest BCUT2D eigenvalue weighted by Crippen LogP contribution is -2.32. The van der Waals surface area contributed by atoms with E-state index in [0.717, 1.165) is 19.6 Å². The molecular weight excluding hydrogens is 130 g/mol. The lowest BCUT2D eigenvalue weighted by molar-refractivity contribution is -0.0905. The van der Waals surface area contributed by atoms with E-state index in [-0.39, 0.29) is 6.29 Å². The van der Waals surface area contributed by atoms with E-state index in [1.54, 1.807) is 0 Å². The fourth-order valence-corrected chi connectivity index (χ4v) is 1.76. The highest BCUT2D eigenvalue weighted by Gasteiger charge is 2.40. The summed E-state index contributed by atoms with van der Waals surface area (Å²) in [6.45, 7) is 1.68. The second-order valence-corrected chi connectivity index (χ2v) is 2.92. The van der Waals surface area contributed by atoms with Crippen LogP contribution in [-0.2, 0) is 9.47 Å². The van der Waals surface area contributed by atoms with Crippen LogP contribution >= 0.6 is 0 Å². The number of likely N-dealkylation sites (N-methyl/N-ethyl adjacent to an activating group) is 1. The Labute approximate surface area is 60.7 Å². The van der Waals surface area contributed by atoms with Crippen LogP contribution < -0.4 is 5.32 Å². The predicted octanol–water partition coefficient (Wildman–Crippen LogP) is -0.0328. The molecule has 1 N–H and O–H groups in total. The Morgan fingerprint density at radius 1 is 1.40 bits per heavy atom. The van der Waals surface area contributed by atoms with Crippen molar-refractivity contribution < 1.29 is 9.47 Å². The largest absolute Gasteiger partial charge is 0.352 e. The summed E-state index contributed by atoms with van der Waals surface area (Å²) < 4.78 is 10.7. The molecule has 0 aromatic heterocycles. The van der Waals surface area contributed by atoms with Crippen LogP contribution in [0, 0.1) is 5.92 Å². The first-order chi connectivity index (χ1) is 4.92. The summed E-state index contributed by atoms with van der Waals surface area (Å²) in [6.07, 6.45) is 1.24. The molecule has 2 heterocycles.